The smallest absolute Gasteiger partial charge is 0.547 e. The van der Waals surface area contributed by atoms with Gasteiger partial charge < -0.3 is 35.4 Å². The van der Waals surface area contributed by atoms with E-state index in [1.165, 1.54) is 0 Å². The third kappa shape index (κ3) is 5.12. The third-order valence-corrected chi connectivity index (χ3v) is 1.50. The predicted molar refractivity (Wildman–Crippen MR) is 36.1 cm³/mol. The molecule has 0 aromatic carbocycles. The molecule has 8 heteroatoms. The average Bonchev–Trinajstić information content (AvgIpc) is 2.12. The van der Waals surface area contributed by atoms with E-state index in [0.717, 1.165) is 0 Å². The topological polar surface area (TPSA) is 141 Å². The number of hydrogen-bond donors (Lipinski definition) is 5. The monoisotopic (exact) mass is 234 g/mol. The Labute approximate surface area is 122 Å². The largest absolute Gasteiger partial charge is 1.00 e. The summed E-state index contributed by atoms with van der Waals surface area (Å²) in [6, 6.07) is 0. The van der Waals surface area contributed by atoms with Gasteiger partial charge in [0.15, 0.2) is 0 Å². The van der Waals surface area contributed by atoms with Crippen LogP contribution in [-0.4, -0.2) is 62.5 Å². The average molecular weight is 234 g/mol. The maximum absolute atomic E-state index is 9.98. The van der Waals surface area contributed by atoms with Crippen LogP contribution in [0.25, 0.3) is 0 Å². The summed E-state index contributed by atoms with van der Waals surface area (Å²) in [4.78, 5) is 9.98. The van der Waals surface area contributed by atoms with Gasteiger partial charge in [0.05, 0.1) is 12.6 Å². The molecule has 0 aromatic rings. The van der Waals surface area contributed by atoms with Gasteiger partial charge in [-0.1, -0.05) is 0 Å². The summed E-state index contributed by atoms with van der Waals surface area (Å²) in [7, 11) is 0. The Morgan fingerprint density at radius 2 is 1.57 bits per heavy atom. The van der Waals surface area contributed by atoms with E-state index >= 15 is 0 Å². The molecule has 0 amide bonds. The van der Waals surface area contributed by atoms with Gasteiger partial charge >= 0.3 is 51.4 Å². The van der Waals surface area contributed by atoms with E-state index in [2.05, 4.69) is 0 Å². The van der Waals surface area contributed by atoms with E-state index < -0.39 is 37.0 Å². The summed E-state index contributed by atoms with van der Waals surface area (Å²) < 4.78 is 0. The van der Waals surface area contributed by atoms with Gasteiger partial charge in [-0.05, 0) is 0 Å². The predicted octanol–water partition coefficient (Wildman–Crippen LogP) is -7.82. The quantitative estimate of drug-likeness (QED) is 0.297. The van der Waals surface area contributed by atoms with Crippen molar-refractivity contribution in [3.05, 3.63) is 0 Å². The maximum Gasteiger partial charge on any atom is 1.00 e. The molecule has 0 aliphatic carbocycles. The molecule has 0 aliphatic rings. The second-order valence-electron chi connectivity index (χ2n) is 2.49. The molecule has 0 aliphatic heterocycles. The molecule has 78 valence electrons. The second-order valence-corrected chi connectivity index (χ2v) is 2.49. The summed E-state index contributed by atoms with van der Waals surface area (Å²) in [5, 5.41) is 53.4. The number of aliphatic hydroxyl groups excluding tert-OH is 5. The van der Waals surface area contributed by atoms with Crippen LogP contribution in [0.3, 0.4) is 0 Å². The molecular formula is C6H11KO7. The normalized spacial score (nSPS) is 18.9. The van der Waals surface area contributed by atoms with Crippen LogP contribution in [0.5, 0.6) is 0 Å². The fourth-order valence-electron chi connectivity index (χ4n) is 0.662. The Kier molecular flexibility index (Phi) is 10.0. The van der Waals surface area contributed by atoms with E-state index in [1.54, 1.807) is 0 Å². The first kappa shape index (κ1) is 17.3. The molecule has 0 saturated carbocycles. The number of rotatable bonds is 5. The van der Waals surface area contributed by atoms with Crippen molar-refractivity contribution in [2.24, 2.45) is 0 Å². The van der Waals surface area contributed by atoms with Crippen molar-refractivity contribution in [1.82, 2.24) is 0 Å². The summed E-state index contributed by atoms with van der Waals surface area (Å²) in [6.45, 7) is -0.863. The molecule has 0 heterocycles. The van der Waals surface area contributed by atoms with Crippen LogP contribution in [0.1, 0.15) is 0 Å². The van der Waals surface area contributed by atoms with Crippen LogP contribution in [-0.2, 0) is 4.79 Å². The van der Waals surface area contributed by atoms with E-state index in [4.69, 9.17) is 25.5 Å². The summed E-state index contributed by atoms with van der Waals surface area (Å²) in [6.07, 6.45) is -8.08. The molecule has 5 N–H and O–H groups in total. The molecule has 0 radical (unpaired) electrons. The number of carboxylic acid groups (broad SMARTS) is 1. The summed E-state index contributed by atoms with van der Waals surface area (Å²) in [5.74, 6) is -1.98. The van der Waals surface area contributed by atoms with Gasteiger partial charge in [0, 0.05) is 0 Å². The molecule has 7 nitrogen and oxygen atoms in total. The van der Waals surface area contributed by atoms with Crippen molar-refractivity contribution >= 4 is 5.97 Å². The Balaban J connectivity index is 0. The Morgan fingerprint density at radius 3 is 1.86 bits per heavy atom. The zero-order valence-corrected chi connectivity index (χ0v) is 10.7. The van der Waals surface area contributed by atoms with Crippen molar-refractivity contribution < 1.29 is 86.8 Å². The third-order valence-electron chi connectivity index (χ3n) is 1.50. The van der Waals surface area contributed by atoms with E-state index in [0.29, 0.717) is 0 Å². The first-order chi connectivity index (χ1) is 5.91. The number of carbonyl (C=O) groups is 1. The second kappa shape index (κ2) is 8.10. The van der Waals surface area contributed by atoms with Gasteiger partial charge in [-0.2, -0.15) is 0 Å². The van der Waals surface area contributed by atoms with E-state index in [1.807, 2.05) is 0 Å². The fourth-order valence-corrected chi connectivity index (χ4v) is 0.662. The van der Waals surface area contributed by atoms with Gasteiger partial charge in [-0.25, -0.2) is 0 Å². The fraction of sp³-hybridized carbons (Fsp3) is 0.833. The van der Waals surface area contributed by atoms with Gasteiger partial charge in [-0.3, -0.25) is 0 Å². The number of carbonyl (C=O) groups excluding carboxylic acids is 1. The van der Waals surface area contributed by atoms with Crippen molar-refractivity contribution in [3.63, 3.8) is 0 Å². The minimum atomic E-state index is -2.31. The minimum absolute atomic E-state index is 0. The molecule has 0 spiro atoms. The van der Waals surface area contributed by atoms with Crippen LogP contribution in [0, 0.1) is 0 Å². The first-order valence-electron chi connectivity index (χ1n) is 3.45. The molecule has 4 atom stereocenters. The van der Waals surface area contributed by atoms with E-state index in [9.17, 15) is 9.90 Å². The van der Waals surface area contributed by atoms with Crippen LogP contribution >= 0.6 is 0 Å². The maximum atomic E-state index is 9.98. The van der Waals surface area contributed by atoms with E-state index in [-0.39, 0.29) is 51.4 Å². The Bertz CT molecular complexity index is 176. The van der Waals surface area contributed by atoms with Crippen LogP contribution in [0.2, 0.25) is 0 Å². The minimum Gasteiger partial charge on any atom is -0.547 e. The summed E-state index contributed by atoms with van der Waals surface area (Å²) >= 11 is 0. The summed E-state index contributed by atoms with van der Waals surface area (Å²) in [5.41, 5.74) is 0. The van der Waals surface area contributed by atoms with Gasteiger partial charge in [0.1, 0.15) is 24.4 Å². The number of aliphatic carboxylic acids is 1. The number of aliphatic hydroxyl groups is 5. The Hall–Kier alpha value is 0.906. The molecule has 0 bridgehead atoms. The van der Waals surface area contributed by atoms with Crippen LogP contribution < -0.4 is 56.5 Å². The molecule has 14 heavy (non-hydrogen) atoms. The first-order valence-corrected chi connectivity index (χ1v) is 3.45. The molecule has 0 unspecified atom stereocenters. The van der Waals surface area contributed by atoms with Crippen LogP contribution in [0.4, 0.5) is 0 Å². The molecule has 0 aromatic heterocycles. The molecule has 0 rings (SSSR count). The molecule has 0 saturated heterocycles. The SMILES string of the molecule is O=C([O-])[C@@H](O)[C@H](O)[C@H](O)[C@H](O)CO.[K+]. The van der Waals surface area contributed by atoms with Crippen LogP contribution in [0.15, 0.2) is 0 Å². The van der Waals surface area contributed by atoms with Crippen molar-refractivity contribution in [2.45, 2.75) is 24.4 Å². The standard InChI is InChI=1S/C6H12O7.K/c7-1-2(8)3(9)4(10)5(11)6(12)13;/h2-5,7-11H,1H2,(H,12,13);/q;+1/p-1/t2-,3-,4-,5+;/m1./s1. The van der Waals surface area contributed by atoms with Crippen molar-refractivity contribution in [3.8, 4) is 0 Å². The zero-order valence-electron chi connectivity index (χ0n) is 7.57. The van der Waals surface area contributed by atoms with Gasteiger partial charge in [0.25, 0.3) is 0 Å². The number of hydrogen-bond acceptors (Lipinski definition) is 7. The van der Waals surface area contributed by atoms with Gasteiger partial charge in [-0.15, -0.1) is 0 Å². The van der Waals surface area contributed by atoms with Gasteiger partial charge in [0.2, 0.25) is 0 Å². The molecule has 0 fully saturated rings. The Morgan fingerprint density at radius 1 is 1.14 bits per heavy atom. The molecular weight excluding hydrogens is 223 g/mol. The number of carboxylic acids is 1. The zero-order chi connectivity index (χ0) is 10.6. The van der Waals surface area contributed by atoms with Crippen molar-refractivity contribution in [2.75, 3.05) is 6.61 Å². The van der Waals surface area contributed by atoms with Crippen molar-refractivity contribution in [1.29, 1.82) is 0 Å².